The lowest BCUT2D eigenvalue weighted by Gasteiger charge is -2.06. The van der Waals surface area contributed by atoms with Crippen LogP contribution in [-0.2, 0) is 0 Å². The summed E-state index contributed by atoms with van der Waals surface area (Å²) >= 11 is 0. The van der Waals surface area contributed by atoms with Crippen molar-refractivity contribution in [1.29, 1.82) is 0 Å². The molecule has 0 amide bonds. The number of hydrogen-bond acceptors (Lipinski definition) is 4. The van der Waals surface area contributed by atoms with E-state index >= 15 is 0 Å². The van der Waals surface area contributed by atoms with Gasteiger partial charge < -0.3 is 5.73 Å². The molecule has 0 fully saturated rings. The number of carbonyl (C=O) groups is 1. The van der Waals surface area contributed by atoms with Crippen LogP contribution in [0.5, 0.6) is 0 Å². The highest BCUT2D eigenvalue weighted by molar-refractivity contribution is 5.95. The van der Waals surface area contributed by atoms with Crippen LogP contribution in [0.15, 0.2) is 0 Å². The van der Waals surface area contributed by atoms with E-state index < -0.39 is 0 Å². The second-order valence-corrected chi connectivity index (χ2v) is 3.52. The summed E-state index contributed by atoms with van der Waals surface area (Å²) in [4.78, 5) is 11.5. The quantitative estimate of drug-likeness (QED) is 0.719. The first-order chi connectivity index (χ1) is 6.57. The Kier molecular flexibility index (Phi) is 3.35. The molecule has 0 saturated heterocycles. The zero-order chi connectivity index (χ0) is 10.7. The monoisotopic (exact) mass is 196 g/mol. The fourth-order valence-corrected chi connectivity index (χ4v) is 1.34. The van der Waals surface area contributed by atoms with Crippen molar-refractivity contribution in [1.82, 2.24) is 15.0 Å². The van der Waals surface area contributed by atoms with Crippen LogP contribution in [0.25, 0.3) is 0 Å². The average Bonchev–Trinajstić information content (AvgIpc) is 2.47. The molecule has 0 aliphatic carbocycles. The molecule has 0 atom stereocenters. The standard InChI is InChI=1S/C9H16N4O/c1-6(2)13-7(3)9(11-12-13)8(14)4-5-10/h6H,4-5,10H2,1-3H3. The minimum atomic E-state index is -0.0306. The number of hydrogen-bond donors (Lipinski definition) is 1. The molecule has 0 aliphatic rings. The number of nitrogens with zero attached hydrogens (tertiary/aromatic N) is 3. The van der Waals surface area contributed by atoms with Gasteiger partial charge in [-0.2, -0.15) is 0 Å². The third-order valence-corrected chi connectivity index (χ3v) is 2.05. The van der Waals surface area contributed by atoms with E-state index in [2.05, 4.69) is 10.3 Å². The molecule has 78 valence electrons. The topological polar surface area (TPSA) is 73.8 Å². The maximum absolute atomic E-state index is 11.5. The zero-order valence-electron chi connectivity index (χ0n) is 8.82. The van der Waals surface area contributed by atoms with Gasteiger partial charge in [0.1, 0.15) is 0 Å². The third kappa shape index (κ3) is 1.98. The molecule has 14 heavy (non-hydrogen) atoms. The van der Waals surface area contributed by atoms with Crippen LogP contribution >= 0.6 is 0 Å². The number of carbonyl (C=O) groups excluding carboxylic acids is 1. The van der Waals surface area contributed by atoms with Crippen molar-refractivity contribution < 1.29 is 4.79 Å². The van der Waals surface area contributed by atoms with Gasteiger partial charge in [0.05, 0.1) is 5.69 Å². The Morgan fingerprint density at radius 2 is 2.21 bits per heavy atom. The third-order valence-electron chi connectivity index (χ3n) is 2.05. The summed E-state index contributed by atoms with van der Waals surface area (Å²) < 4.78 is 1.74. The molecule has 0 radical (unpaired) electrons. The summed E-state index contributed by atoms with van der Waals surface area (Å²) in [5.74, 6) is -0.0306. The van der Waals surface area contributed by atoms with Crippen LogP contribution in [0.4, 0.5) is 0 Å². The molecular weight excluding hydrogens is 180 g/mol. The number of ketones is 1. The van der Waals surface area contributed by atoms with E-state index in [9.17, 15) is 4.79 Å². The summed E-state index contributed by atoms with van der Waals surface area (Å²) in [6.45, 7) is 6.20. The maximum Gasteiger partial charge on any atom is 0.186 e. The molecule has 5 heteroatoms. The first kappa shape index (κ1) is 10.8. The Bertz CT molecular complexity index is 330. The van der Waals surface area contributed by atoms with Gasteiger partial charge in [-0.1, -0.05) is 5.21 Å². The van der Waals surface area contributed by atoms with Crippen LogP contribution in [-0.4, -0.2) is 27.3 Å². The van der Waals surface area contributed by atoms with Crippen molar-refractivity contribution in [3.63, 3.8) is 0 Å². The van der Waals surface area contributed by atoms with E-state index in [0.29, 0.717) is 18.7 Å². The predicted molar refractivity (Wildman–Crippen MR) is 53.1 cm³/mol. The van der Waals surface area contributed by atoms with E-state index in [1.807, 2.05) is 20.8 Å². The lowest BCUT2D eigenvalue weighted by molar-refractivity contribution is 0.0980. The van der Waals surface area contributed by atoms with Gasteiger partial charge in [0.25, 0.3) is 0 Å². The Morgan fingerprint density at radius 3 is 2.64 bits per heavy atom. The van der Waals surface area contributed by atoms with E-state index in [-0.39, 0.29) is 11.8 Å². The molecule has 0 spiro atoms. The Morgan fingerprint density at radius 1 is 1.57 bits per heavy atom. The Hall–Kier alpha value is -1.23. The minimum absolute atomic E-state index is 0.0306. The molecule has 1 aromatic rings. The molecule has 2 N–H and O–H groups in total. The number of rotatable bonds is 4. The molecule has 1 heterocycles. The van der Waals surface area contributed by atoms with E-state index in [4.69, 9.17) is 5.73 Å². The molecule has 0 saturated carbocycles. The Balaban J connectivity index is 2.95. The van der Waals surface area contributed by atoms with Crippen LogP contribution in [0.1, 0.15) is 42.5 Å². The normalized spacial score (nSPS) is 10.9. The second kappa shape index (κ2) is 4.32. The number of nitrogens with two attached hydrogens (primary N) is 1. The average molecular weight is 196 g/mol. The fourth-order valence-electron chi connectivity index (χ4n) is 1.34. The van der Waals surface area contributed by atoms with Crippen molar-refractivity contribution in [3.8, 4) is 0 Å². The summed E-state index contributed by atoms with van der Waals surface area (Å²) in [5, 5.41) is 7.79. The largest absolute Gasteiger partial charge is 0.330 e. The minimum Gasteiger partial charge on any atom is -0.330 e. The van der Waals surface area contributed by atoms with Crippen LogP contribution in [0.3, 0.4) is 0 Å². The SMILES string of the molecule is Cc1c(C(=O)CCN)nnn1C(C)C. The van der Waals surface area contributed by atoms with Crippen LogP contribution < -0.4 is 5.73 Å². The van der Waals surface area contributed by atoms with Gasteiger partial charge in [0.15, 0.2) is 11.5 Å². The fraction of sp³-hybridized carbons (Fsp3) is 0.667. The summed E-state index contributed by atoms with van der Waals surface area (Å²) in [6.07, 6.45) is 0.331. The molecule has 5 nitrogen and oxygen atoms in total. The lowest BCUT2D eigenvalue weighted by Crippen LogP contribution is -2.10. The van der Waals surface area contributed by atoms with Crippen LogP contribution in [0.2, 0.25) is 0 Å². The summed E-state index contributed by atoms with van der Waals surface area (Å²) in [7, 11) is 0. The van der Waals surface area contributed by atoms with E-state index in [1.54, 1.807) is 4.68 Å². The van der Waals surface area contributed by atoms with Crippen molar-refractivity contribution in [3.05, 3.63) is 11.4 Å². The second-order valence-electron chi connectivity index (χ2n) is 3.52. The van der Waals surface area contributed by atoms with Crippen molar-refractivity contribution in [2.75, 3.05) is 6.54 Å². The first-order valence-corrected chi connectivity index (χ1v) is 4.73. The smallest absolute Gasteiger partial charge is 0.186 e. The molecule has 0 aromatic carbocycles. The van der Waals surface area contributed by atoms with E-state index in [1.165, 1.54) is 0 Å². The predicted octanol–water partition coefficient (Wildman–Crippen LogP) is 0.699. The van der Waals surface area contributed by atoms with Gasteiger partial charge in [0, 0.05) is 12.5 Å². The van der Waals surface area contributed by atoms with Crippen molar-refractivity contribution >= 4 is 5.78 Å². The molecule has 1 rings (SSSR count). The Labute approximate surface area is 83.3 Å². The van der Waals surface area contributed by atoms with Gasteiger partial charge in [0.2, 0.25) is 0 Å². The van der Waals surface area contributed by atoms with Crippen molar-refractivity contribution in [2.45, 2.75) is 33.2 Å². The van der Waals surface area contributed by atoms with Crippen molar-refractivity contribution in [2.24, 2.45) is 5.73 Å². The van der Waals surface area contributed by atoms with Gasteiger partial charge in [-0.05, 0) is 27.3 Å². The highest BCUT2D eigenvalue weighted by Crippen LogP contribution is 2.11. The maximum atomic E-state index is 11.5. The van der Waals surface area contributed by atoms with Gasteiger partial charge in [-0.25, -0.2) is 4.68 Å². The molecule has 0 bridgehead atoms. The van der Waals surface area contributed by atoms with Gasteiger partial charge in [-0.15, -0.1) is 5.10 Å². The summed E-state index contributed by atoms with van der Waals surface area (Å²) in [5.41, 5.74) is 6.57. The first-order valence-electron chi connectivity index (χ1n) is 4.73. The number of Topliss-reactive ketones (excluding diaryl/α,β-unsaturated/α-hetero) is 1. The highest BCUT2D eigenvalue weighted by Gasteiger charge is 2.16. The highest BCUT2D eigenvalue weighted by atomic mass is 16.1. The van der Waals surface area contributed by atoms with Gasteiger partial charge >= 0.3 is 0 Å². The lowest BCUT2D eigenvalue weighted by atomic mass is 10.2. The molecule has 0 aliphatic heterocycles. The zero-order valence-corrected chi connectivity index (χ0v) is 8.82. The summed E-state index contributed by atoms with van der Waals surface area (Å²) in [6, 6.07) is 0.224. The van der Waals surface area contributed by atoms with E-state index in [0.717, 1.165) is 5.69 Å². The van der Waals surface area contributed by atoms with Gasteiger partial charge in [-0.3, -0.25) is 4.79 Å². The molecule has 0 unspecified atom stereocenters. The van der Waals surface area contributed by atoms with Crippen LogP contribution in [0, 0.1) is 6.92 Å². The molecular formula is C9H16N4O. The number of aromatic nitrogens is 3. The molecule has 1 aromatic heterocycles.